The van der Waals surface area contributed by atoms with Crippen LogP contribution in [-0.4, -0.2) is 5.91 Å². The van der Waals surface area contributed by atoms with Crippen LogP contribution in [0.2, 0.25) is 5.02 Å². The molecule has 0 aliphatic carbocycles. The van der Waals surface area contributed by atoms with E-state index < -0.39 is 0 Å². The number of rotatable bonds is 1. The van der Waals surface area contributed by atoms with E-state index in [-0.39, 0.29) is 5.91 Å². The molecule has 0 saturated carbocycles. The lowest BCUT2D eigenvalue weighted by molar-refractivity contribution is -0.110. The number of fused-ring (bicyclic) bond motifs is 1. The van der Waals surface area contributed by atoms with Crippen LogP contribution in [0.25, 0.3) is 11.6 Å². The van der Waals surface area contributed by atoms with Crippen molar-refractivity contribution in [1.29, 1.82) is 0 Å². The fourth-order valence-electron chi connectivity index (χ4n) is 2.07. The Morgan fingerprint density at radius 1 is 1.16 bits per heavy atom. The number of benzene rings is 2. The molecule has 1 N–H and O–H groups in total. The maximum atomic E-state index is 12.0. The standard InChI is InChI=1S/C15H9BrClNO/c16-10-3-1-2-9(6-10)7-13-12-5-4-11(17)8-14(12)18-15(13)19/h1-8H,(H,18,19)/b13-7-. The van der Waals surface area contributed by atoms with Gasteiger partial charge in [-0.15, -0.1) is 0 Å². The van der Waals surface area contributed by atoms with Crippen molar-refractivity contribution in [3.05, 3.63) is 63.1 Å². The summed E-state index contributed by atoms with van der Waals surface area (Å²) in [6.45, 7) is 0. The molecule has 0 spiro atoms. The highest BCUT2D eigenvalue weighted by Gasteiger charge is 2.23. The molecular weight excluding hydrogens is 326 g/mol. The van der Waals surface area contributed by atoms with Gasteiger partial charge in [0.2, 0.25) is 0 Å². The molecule has 1 heterocycles. The molecule has 2 nitrogen and oxygen atoms in total. The summed E-state index contributed by atoms with van der Waals surface area (Å²) in [4.78, 5) is 12.0. The number of carbonyl (C=O) groups is 1. The molecule has 0 aromatic heterocycles. The van der Waals surface area contributed by atoms with Gasteiger partial charge in [0, 0.05) is 20.6 Å². The fraction of sp³-hybridized carbons (Fsp3) is 0. The maximum absolute atomic E-state index is 12.0. The summed E-state index contributed by atoms with van der Waals surface area (Å²) in [6.07, 6.45) is 1.87. The fourth-order valence-corrected chi connectivity index (χ4v) is 2.66. The van der Waals surface area contributed by atoms with Crippen LogP contribution in [0.5, 0.6) is 0 Å². The van der Waals surface area contributed by atoms with Crippen LogP contribution in [-0.2, 0) is 4.79 Å². The zero-order chi connectivity index (χ0) is 13.4. The molecule has 2 aromatic carbocycles. The van der Waals surface area contributed by atoms with Crippen molar-refractivity contribution >= 4 is 50.8 Å². The van der Waals surface area contributed by atoms with Gasteiger partial charge < -0.3 is 5.32 Å². The molecule has 1 amide bonds. The van der Waals surface area contributed by atoms with Crippen molar-refractivity contribution in [1.82, 2.24) is 0 Å². The van der Waals surface area contributed by atoms with Crippen molar-refractivity contribution in [2.24, 2.45) is 0 Å². The minimum absolute atomic E-state index is 0.0998. The lowest BCUT2D eigenvalue weighted by Crippen LogP contribution is -2.03. The van der Waals surface area contributed by atoms with Gasteiger partial charge in [0.25, 0.3) is 5.91 Å². The first kappa shape index (κ1) is 12.5. The summed E-state index contributed by atoms with van der Waals surface area (Å²) < 4.78 is 0.983. The molecule has 0 bridgehead atoms. The van der Waals surface area contributed by atoms with Crippen molar-refractivity contribution in [2.75, 3.05) is 5.32 Å². The van der Waals surface area contributed by atoms with E-state index in [0.29, 0.717) is 10.6 Å². The molecule has 19 heavy (non-hydrogen) atoms. The third-order valence-corrected chi connectivity index (χ3v) is 3.65. The first-order valence-electron chi connectivity index (χ1n) is 5.72. The summed E-state index contributed by atoms with van der Waals surface area (Å²) in [6, 6.07) is 13.2. The van der Waals surface area contributed by atoms with E-state index in [1.807, 2.05) is 36.4 Å². The van der Waals surface area contributed by atoms with Gasteiger partial charge >= 0.3 is 0 Å². The van der Waals surface area contributed by atoms with Crippen LogP contribution in [0.4, 0.5) is 5.69 Å². The Kier molecular flexibility index (Phi) is 3.17. The minimum atomic E-state index is -0.0998. The highest BCUT2D eigenvalue weighted by atomic mass is 79.9. The number of carbonyl (C=O) groups excluding carboxylic acids is 1. The quantitative estimate of drug-likeness (QED) is 0.759. The Labute approximate surface area is 124 Å². The molecule has 0 fully saturated rings. The Morgan fingerprint density at radius 2 is 2.00 bits per heavy atom. The number of hydrogen-bond acceptors (Lipinski definition) is 1. The van der Waals surface area contributed by atoms with E-state index in [9.17, 15) is 4.79 Å². The minimum Gasteiger partial charge on any atom is -0.321 e. The average Bonchev–Trinajstić information content (AvgIpc) is 2.65. The van der Waals surface area contributed by atoms with Gasteiger partial charge in [-0.2, -0.15) is 0 Å². The Hall–Kier alpha value is -1.58. The molecule has 0 unspecified atom stereocenters. The Bertz CT molecular complexity index is 709. The number of anilines is 1. The molecule has 94 valence electrons. The van der Waals surface area contributed by atoms with Crippen molar-refractivity contribution < 1.29 is 4.79 Å². The van der Waals surface area contributed by atoms with Gasteiger partial charge in [-0.05, 0) is 35.9 Å². The van der Waals surface area contributed by atoms with E-state index in [0.717, 1.165) is 21.3 Å². The summed E-state index contributed by atoms with van der Waals surface area (Å²) >= 11 is 9.34. The highest BCUT2D eigenvalue weighted by molar-refractivity contribution is 9.10. The second-order valence-electron chi connectivity index (χ2n) is 4.26. The van der Waals surface area contributed by atoms with Crippen LogP contribution in [0.15, 0.2) is 46.9 Å². The molecular formula is C15H9BrClNO. The summed E-state index contributed by atoms with van der Waals surface area (Å²) in [5.74, 6) is -0.0998. The number of amides is 1. The second-order valence-corrected chi connectivity index (χ2v) is 5.61. The van der Waals surface area contributed by atoms with E-state index in [4.69, 9.17) is 11.6 Å². The van der Waals surface area contributed by atoms with Crippen LogP contribution in [0.1, 0.15) is 11.1 Å². The molecule has 4 heteroatoms. The van der Waals surface area contributed by atoms with Gasteiger partial charge in [0.15, 0.2) is 0 Å². The molecule has 0 atom stereocenters. The van der Waals surface area contributed by atoms with Gasteiger partial charge in [0.1, 0.15) is 0 Å². The van der Waals surface area contributed by atoms with Crippen molar-refractivity contribution in [3.63, 3.8) is 0 Å². The second kappa shape index (κ2) is 4.83. The van der Waals surface area contributed by atoms with Crippen molar-refractivity contribution in [3.8, 4) is 0 Å². The molecule has 0 saturated heterocycles. The van der Waals surface area contributed by atoms with E-state index in [2.05, 4.69) is 21.2 Å². The highest BCUT2D eigenvalue weighted by Crippen LogP contribution is 2.35. The predicted octanol–water partition coefficient (Wildman–Crippen LogP) is 4.60. The third kappa shape index (κ3) is 2.44. The smallest absolute Gasteiger partial charge is 0.256 e. The van der Waals surface area contributed by atoms with E-state index in [1.54, 1.807) is 12.1 Å². The number of nitrogens with one attached hydrogen (secondary N) is 1. The van der Waals surface area contributed by atoms with Crippen molar-refractivity contribution in [2.45, 2.75) is 0 Å². The number of hydrogen-bond donors (Lipinski definition) is 1. The van der Waals surface area contributed by atoms with Gasteiger partial charge in [-0.1, -0.05) is 45.7 Å². The Morgan fingerprint density at radius 3 is 2.79 bits per heavy atom. The first-order chi connectivity index (χ1) is 9.13. The maximum Gasteiger partial charge on any atom is 0.256 e. The van der Waals surface area contributed by atoms with Crippen LogP contribution < -0.4 is 5.32 Å². The topological polar surface area (TPSA) is 29.1 Å². The SMILES string of the molecule is O=C1Nc2cc(Cl)ccc2/C1=C/c1cccc(Br)c1. The summed E-state index contributed by atoms with van der Waals surface area (Å²) in [5, 5.41) is 3.43. The monoisotopic (exact) mass is 333 g/mol. The lowest BCUT2D eigenvalue weighted by Gasteiger charge is -1.99. The van der Waals surface area contributed by atoms with Crippen LogP contribution in [0, 0.1) is 0 Å². The molecule has 1 aliphatic heterocycles. The first-order valence-corrected chi connectivity index (χ1v) is 6.89. The molecule has 3 rings (SSSR count). The summed E-state index contributed by atoms with van der Waals surface area (Å²) in [5.41, 5.74) is 3.28. The van der Waals surface area contributed by atoms with Gasteiger partial charge in [0.05, 0.1) is 5.69 Å². The average molecular weight is 335 g/mol. The normalized spacial score (nSPS) is 15.5. The van der Waals surface area contributed by atoms with Crippen LogP contribution >= 0.6 is 27.5 Å². The van der Waals surface area contributed by atoms with E-state index in [1.165, 1.54) is 0 Å². The summed E-state index contributed by atoms with van der Waals surface area (Å²) in [7, 11) is 0. The largest absolute Gasteiger partial charge is 0.321 e. The molecule has 0 radical (unpaired) electrons. The number of halogens is 2. The zero-order valence-electron chi connectivity index (χ0n) is 9.78. The molecule has 2 aromatic rings. The van der Waals surface area contributed by atoms with Gasteiger partial charge in [-0.25, -0.2) is 0 Å². The van der Waals surface area contributed by atoms with Gasteiger partial charge in [-0.3, -0.25) is 4.79 Å². The van der Waals surface area contributed by atoms with E-state index >= 15 is 0 Å². The third-order valence-electron chi connectivity index (χ3n) is 2.92. The van der Waals surface area contributed by atoms with Crippen LogP contribution in [0.3, 0.4) is 0 Å². The Balaban J connectivity index is 2.09. The zero-order valence-corrected chi connectivity index (χ0v) is 12.1. The molecule has 1 aliphatic rings. The lowest BCUT2D eigenvalue weighted by atomic mass is 10.0. The predicted molar refractivity (Wildman–Crippen MR) is 82.1 cm³/mol.